The molecule has 1 saturated heterocycles. The molecule has 112 valence electrons. The zero-order valence-corrected chi connectivity index (χ0v) is 13.4. The molecular formula is C19H31N. The van der Waals surface area contributed by atoms with E-state index in [4.69, 9.17) is 0 Å². The van der Waals surface area contributed by atoms with Gasteiger partial charge in [0.25, 0.3) is 0 Å². The van der Waals surface area contributed by atoms with E-state index < -0.39 is 0 Å². The van der Waals surface area contributed by atoms with Crippen LogP contribution in [-0.4, -0.2) is 24.5 Å². The average molecular weight is 273 g/mol. The highest BCUT2D eigenvalue weighted by atomic mass is 15.1. The predicted octanol–water partition coefficient (Wildman–Crippen LogP) is 5.08. The fourth-order valence-electron chi connectivity index (χ4n) is 3.65. The van der Waals surface area contributed by atoms with Crippen LogP contribution in [0, 0.1) is 5.92 Å². The van der Waals surface area contributed by atoms with E-state index in [-0.39, 0.29) is 0 Å². The van der Waals surface area contributed by atoms with Crippen molar-refractivity contribution in [1.82, 2.24) is 4.90 Å². The van der Waals surface area contributed by atoms with Gasteiger partial charge in [-0.05, 0) is 30.9 Å². The summed E-state index contributed by atoms with van der Waals surface area (Å²) in [6.07, 6.45) is 8.22. The van der Waals surface area contributed by atoms with Gasteiger partial charge < -0.3 is 4.90 Å². The van der Waals surface area contributed by atoms with Crippen LogP contribution in [0.25, 0.3) is 0 Å². The normalized spacial score (nSPS) is 23.3. The van der Waals surface area contributed by atoms with Crippen LogP contribution >= 0.6 is 0 Å². The Hall–Kier alpha value is -0.820. The van der Waals surface area contributed by atoms with Gasteiger partial charge in [-0.1, -0.05) is 69.9 Å². The first kappa shape index (κ1) is 15.6. The van der Waals surface area contributed by atoms with Crippen molar-refractivity contribution in [3.8, 4) is 0 Å². The lowest BCUT2D eigenvalue weighted by Gasteiger charge is -2.17. The molecule has 0 spiro atoms. The zero-order chi connectivity index (χ0) is 14.2. The van der Waals surface area contributed by atoms with E-state index >= 15 is 0 Å². The Morgan fingerprint density at radius 3 is 2.45 bits per heavy atom. The van der Waals surface area contributed by atoms with Crippen LogP contribution in [0.2, 0.25) is 0 Å². The van der Waals surface area contributed by atoms with E-state index in [1.54, 1.807) is 5.56 Å². The molecule has 1 fully saturated rings. The Labute approximate surface area is 125 Å². The molecule has 1 aliphatic heterocycles. The second kappa shape index (κ2) is 8.46. The molecular weight excluding hydrogens is 242 g/mol. The molecule has 20 heavy (non-hydrogen) atoms. The SMILES string of the molecule is CCCCCCN1C[C@@H](CCC)[C@H](c2ccccc2)C1. The molecule has 0 aromatic heterocycles. The van der Waals surface area contributed by atoms with E-state index in [9.17, 15) is 0 Å². The summed E-state index contributed by atoms with van der Waals surface area (Å²) in [5, 5.41) is 0. The van der Waals surface area contributed by atoms with Crippen LogP contribution in [0.5, 0.6) is 0 Å². The third-order valence-electron chi connectivity index (χ3n) is 4.73. The lowest BCUT2D eigenvalue weighted by atomic mass is 9.86. The molecule has 1 heterocycles. The predicted molar refractivity (Wildman–Crippen MR) is 88.2 cm³/mol. The van der Waals surface area contributed by atoms with Crippen molar-refractivity contribution in [1.29, 1.82) is 0 Å². The van der Waals surface area contributed by atoms with Gasteiger partial charge in [0.2, 0.25) is 0 Å². The van der Waals surface area contributed by atoms with Crippen molar-refractivity contribution < 1.29 is 0 Å². The molecule has 2 atom stereocenters. The van der Waals surface area contributed by atoms with Crippen molar-refractivity contribution in [2.75, 3.05) is 19.6 Å². The van der Waals surface area contributed by atoms with Crippen LogP contribution in [0.1, 0.15) is 63.9 Å². The van der Waals surface area contributed by atoms with Gasteiger partial charge >= 0.3 is 0 Å². The van der Waals surface area contributed by atoms with E-state index in [0.717, 1.165) is 11.8 Å². The Morgan fingerprint density at radius 2 is 1.75 bits per heavy atom. The van der Waals surface area contributed by atoms with Gasteiger partial charge in [0.05, 0.1) is 0 Å². The zero-order valence-electron chi connectivity index (χ0n) is 13.4. The topological polar surface area (TPSA) is 3.24 Å². The van der Waals surface area contributed by atoms with Crippen molar-refractivity contribution in [2.45, 2.75) is 58.3 Å². The summed E-state index contributed by atoms with van der Waals surface area (Å²) in [5.74, 6) is 1.64. The highest BCUT2D eigenvalue weighted by Crippen LogP contribution is 2.35. The van der Waals surface area contributed by atoms with Crippen LogP contribution in [0.4, 0.5) is 0 Å². The Bertz CT molecular complexity index is 359. The standard InChI is InChI=1S/C19H31N/c1-3-5-6-10-14-20-15-18(11-4-2)19(16-20)17-12-8-7-9-13-17/h7-9,12-13,18-19H,3-6,10-11,14-16H2,1-2H3/t18-,19+/m1/s1. The van der Waals surface area contributed by atoms with Gasteiger partial charge in [-0.15, -0.1) is 0 Å². The number of hydrogen-bond donors (Lipinski definition) is 0. The molecule has 1 heteroatoms. The minimum Gasteiger partial charge on any atom is -0.302 e. The number of hydrogen-bond acceptors (Lipinski definition) is 1. The number of nitrogens with zero attached hydrogens (tertiary/aromatic N) is 1. The number of benzene rings is 1. The highest BCUT2D eigenvalue weighted by molar-refractivity contribution is 5.22. The van der Waals surface area contributed by atoms with Crippen LogP contribution in [0.15, 0.2) is 30.3 Å². The third kappa shape index (κ3) is 4.34. The lowest BCUT2D eigenvalue weighted by molar-refractivity contribution is 0.311. The van der Waals surface area contributed by atoms with Gasteiger partial charge in [0, 0.05) is 19.0 Å². The Kier molecular flexibility index (Phi) is 6.59. The minimum absolute atomic E-state index is 0.766. The number of rotatable bonds is 8. The van der Waals surface area contributed by atoms with Crippen molar-refractivity contribution in [3.63, 3.8) is 0 Å². The summed E-state index contributed by atoms with van der Waals surface area (Å²) in [7, 11) is 0. The summed E-state index contributed by atoms with van der Waals surface area (Å²) in [4.78, 5) is 2.72. The van der Waals surface area contributed by atoms with Gasteiger partial charge in [-0.2, -0.15) is 0 Å². The maximum atomic E-state index is 2.72. The maximum Gasteiger partial charge on any atom is 0.00535 e. The van der Waals surface area contributed by atoms with Crippen molar-refractivity contribution in [2.24, 2.45) is 5.92 Å². The number of unbranched alkanes of at least 4 members (excludes halogenated alkanes) is 3. The van der Waals surface area contributed by atoms with Crippen LogP contribution in [0.3, 0.4) is 0 Å². The smallest absolute Gasteiger partial charge is 0.00535 e. The molecule has 0 bridgehead atoms. The molecule has 1 aromatic carbocycles. The van der Waals surface area contributed by atoms with Gasteiger partial charge in [0.1, 0.15) is 0 Å². The Balaban J connectivity index is 1.90. The van der Waals surface area contributed by atoms with Crippen molar-refractivity contribution in [3.05, 3.63) is 35.9 Å². The third-order valence-corrected chi connectivity index (χ3v) is 4.73. The molecule has 0 saturated carbocycles. The monoisotopic (exact) mass is 273 g/mol. The lowest BCUT2D eigenvalue weighted by Crippen LogP contribution is -2.22. The van der Waals surface area contributed by atoms with E-state index in [1.807, 2.05) is 0 Å². The quantitative estimate of drug-likeness (QED) is 0.597. The first-order valence-electron chi connectivity index (χ1n) is 8.62. The fraction of sp³-hybridized carbons (Fsp3) is 0.684. The second-order valence-corrected chi connectivity index (χ2v) is 6.39. The molecule has 2 rings (SSSR count). The van der Waals surface area contributed by atoms with Crippen molar-refractivity contribution >= 4 is 0 Å². The van der Waals surface area contributed by atoms with Crippen LogP contribution in [-0.2, 0) is 0 Å². The van der Waals surface area contributed by atoms with E-state index in [0.29, 0.717) is 0 Å². The summed E-state index contributed by atoms with van der Waals surface area (Å²) >= 11 is 0. The molecule has 0 N–H and O–H groups in total. The fourth-order valence-corrected chi connectivity index (χ4v) is 3.65. The first-order chi connectivity index (χ1) is 9.85. The molecule has 0 radical (unpaired) electrons. The second-order valence-electron chi connectivity index (χ2n) is 6.39. The summed E-state index contributed by atoms with van der Waals surface area (Å²) in [6.45, 7) is 8.52. The van der Waals surface area contributed by atoms with Gasteiger partial charge in [-0.25, -0.2) is 0 Å². The summed E-state index contributed by atoms with van der Waals surface area (Å²) in [6, 6.07) is 11.2. The number of likely N-dealkylation sites (tertiary alicyclic amines) is 1. The molecule has 0 amide bonds. The van der Waals surface area contributed by atoms with Gasteiger partial charge in [0.15, 0.2) is 0 Å². The van der Waals surface area contributed by atoms with Gasteiger partial charge in [-0.3, -0.25) is 0 Å². The Morgan fingerprint density at radius 1 is 0.950 bits per heavy atom. The largest absolute Gasteiger partial charge is 0.302 e. The minimum atomic E-state index is 0.766. The summed E-state index contributed by atoms with van der Waals surface area (Å²) in [5.41, 5.74) is 1.56. The maximum absolute atomic E-state index is 2.72. The summed E-state index contributed by atoms with van der Waals surface area (Å²) < 4.78 is 0. The molecule has 1 nitrogen and oxygen atoms in total. The highest BCUT2D eigenvalue weighted by Gasteiger charge is 2.32. The molecule has 1 aliphatic rings. The van der Waals surface area contributed by atoms with E-state index in [2.05, 4.69) is 49.1 Å². The molecule has 1 aromatic rings. The average Bonchev–Trinajstić information content (AvgIpc) is 2.88. The first-order valence-corrected chi connectivity index (χ1v) is 8.62. The van der Waals surface area contributed by atoms with E-state index in [1.165, 1.54) is 58.2 Å². The molecule has 0 aliphatic carbocycles. The molecule has 0 unspecified atom stereocenters. The van der Waals surface area contributed by atoms with Crippen LogP contribution < -0.4 is 0 Å².